The third-order valence-electron chi connectivity index (χ3n) is 5.10. The Morgan fingerprint density at radius 1 is 1.41 bits per heavy atom. The molecule has 1 unspecified atom stereocenters. The maximum atomic E-state index is 14.8. The zero-order valence-electron chi connectivity index (χ0n) is 18.0. The predicted octanol–water partition coefficient (Wildman–Crippen LogP) is 3.54. The van der Waals surface area contributed by atoms with Gasteiger partial charge in [-0.25, -0.2) is 24.9 Å². The Labute approximate surface area is 185 Å². The summed E-state index contributed by atoms with van der Waals surface area (Å²) in [7, 11) is 0. The minimum atomic E-state index is -1.33. The summed E-state index contributed by atoms with van der Waals surface area (Å²) >= 11 is 0. The van der Waals surface area contributed by atoms with Crippen LogP contribution >= 0.6 is 0 Å². The van der Waals surface area contributed by atoms with Crippen LogP contribution in [-0.2, 0) is 9.47 Å². The number of nitrogens with zero attached hydrogens (tertiary/aromatic N) is 3. The lowest BCUT2D eigenvalue weighted by Gasteiger charge is -2.30. The van der Waals surface area contributed by atoms with Crippen molar-refractivity contribution in [1.29, 1.82) is 0 Å². The molecule has 32 heavy (non-hydrogen) atoms. The summed E-state index contributed by atoms with van der Waals surface area (Å²) in [5.41, 5.74) is 0.938. The number of anilines is 2. The third kappa shape index (κ3) is 5.66. The van der Waals surface area contributed by atoms with Crippen LogP contribution in [0.5, 0.6) is 0 Å². The quantitative estimate of drug-likeness (QED) is 0.510. The standard InChI is InChI=1S/C22H26F2N4O4/c1-14(2)13-31-21(29)26-10-17-11-28(22(30)32-17)16-4-5-20(18(23)8-16)27-7-6-15(9-25-3)19(24)12-27/h4-6,8,14,17,19H,7,9-13H2,1-2H3,(H,26,29)/t17-,19?/m0/s1. The molecule has 172 valence electrons. The number of nitrogens with one attached hydrogen (secondary N) is 1. The van der Waals surface area contributed by atoms with Gasteiger partial charge in [-0.05, 0) is 24.1 Å². The topological polar surface area (TPSA) is 75.5 Å². The average molecular weight is 448 g/mol. The molecule has 0 aliphatic carbocycles. The van der Waals surface area contributed by atoms with Crippen LogP contribution in [0.1, 0.15) is 13.8 Å². The van der Waals surface area contributed by atoms with Gasteiger partial charge in [-0.3, -0.25) is 4.90 Å². The molecule has 8 nitrogen and oxygen atoms in total. The number of halogens is 2. The fourth-order valence-electron chi connectivity index (χ4n) is 3.44. The Morgan fingerprint density at radius 2 is 2.19 bits per heavy atom. The van der Waals surface area contributed by atoms with Crippen LogP contribution in [0.15, 0.2) is 29.8 Å². The Kier molecular flexibility index (Phi) is 7.51. The van der Waals surface area contributed by atoms with E-state index < -0.39 is 30.3 Å². The minimum absolute atomic E-state index is 0.00102. The highest BCUT2D eigenvalue weighted by molar-refractivity contribution is 5.90. The highest BCUT2D eigenvalue weighted by atomic mass is 19.1. The lowest BCUT2D eigenvalue weighted by atomic mass is 10.1. The molecule has 2 heterocycles. The summed E-state index contributed by atoms with van der Waals surface area (Å²) in [4.78, 5) is 29.9. The monoisotopic (exact) mass is 448 g/mol. The first-order valence-corrected chi connectivity index (χ1v) is 10.4. The van der Waals surface area contributed by atoms with Crippen molar-refractivity contribution in [3.8, 4) is 0 Å². The third-order valence-corrected chi connectivity index (χ3v) is 5.10. The number of ether oxygens (including phenoxy) is 2. The van der Waals surface area contributed by atoms with Crippen molar-refractivity contribution in [3.05, 3.63) is 47.1 Å². The van der Waals surface area contributed by atoms with Crippen molar-refractivity contribution >= 4 is 23.6 Å². The molecule has 0 bridgehead atoms. The van der Waals surface area contributed by atoms with Gasteiger partial charge < -0.3 is 24.5 Å². The van der Waals surface area contributed by atoms with E-state index in [1.54, 1.807) is 17.0 Å². The second kappa shape index (κ2) is 10.3. The molecule has 0 saturated carbocycles. The number of hydrogen-bond donors (Lipinski definition) is 1. The first kappa shape index (κ1) is 23.3. The molecule has 0 aromatic heterocycles. The average Bonchev–Trinajstić information content (AvgIpc) is 3.13. The molecule has 2 aliphatic heterocycles. The first-order chi connectivity index (χ1) is 15.3. The lowest BCUT2D eigenvalue weighted by molar-refractivity contribution is 0.118. The zero-order chi connectivity index (χ0) is 23.3. The summed E-state index contributed by atoms with van der Waals surface area (Å²) in [5.74, 6) is -0.390. The van der Waals surface area contributed by atoms with Crippen molar-refractivity contribution in [2.24, 2.45) is 5.92 Å². The molecule has 0 radical (unpaired) electrons. The number of cyclic esters (lactones) is 1. The van der Waals surface area contributed by atoms with Crippen molar-refractivity contribution in [1.82, 2.24) is 5.32 Å². The molecule has 2 aliphatic rings. The number of hydrogen-bond acceptors (Lipinski definition) is 5. The molecule has 3 rings (SSSR count). The van der Waals surface area contributed by atoms with Crippen LogP contribution in [0.3, 0.4) is 0 Å². The van der Waals surface area contributed by atoms with Crippen molar-refractivity contribution in [2.45, 2.75) is 26.1 Å². The van der Waals surface area contributed by atoms with E-state index in [0.29, 0.717) is 17.8 Å². The normalized spacial score (nSPS) is 20.6. The molecular weight excluding hydrogens is 422 g/mol. The number of amides is 2. The van der Waals surface area contributed by atoms with Gasteiger partial charge in [-0.15, -0.1) is 0 Å². The molecular formula is C22H26F2N4O4. The van der Waals surface area contributed by atoms with Crippen molar-refractivity contribution < 1.29 is 27.8 Å². The summed E-state index contributed by atoms with van der Waals surface area (Å²) in [5, 5.41) is 2.55. The highest BCUT2D eigenvalue weighted by Gasteiger charge is 2.33. The summed E-state index contributed by atoms with van der Waals surface area (Å²) in [6.45, 7) is 11.5. The van der Waals surface area contributed by atoms with Crippen LogP contribution in [0.25, 0.3) is 4.85 Å². The molecule has 1 saturated heterocycles. The molecule has 1 N–H and O–H groups in total. The van der Waals surface area contributed by atoms with E-state index in [0.717, 1.165) is 0 Å². The van der Waals surface area contributed by atoms with Gasteiger partial charge in [0.25, 0.3) is 0 Å². The summed E-state index contributed by atoms with van der Waals surface area (Å²) in [6.07, 6.45) is -1.55. The van der Waals surface area contributed by atoms with E-state index in [4.69, 9.17) is 16.0 Å². The van der Waals surface area contributed by atoms with E-state index in [9.17, 15) is 18.4 Å². The number of alkyl halides is 1. The van der Waals surface area contributed by atoms with Crippen LogP contribution < -0.4 is 15.1 Å². The Hall–Kier alpha value is -3.35. The van der Waals surface area contributed by atoms with E-state index >= 15 is 0 Å². The van der Waals surface area contributed by atoms with Gasteiger partial charge in [0.2, 0.25) is 6.54 Å². The van der Waals surface area contributed by atoms with Gasteiger partial charge in [0.1, 0.15) is 18.1 Å². The van der Waals surface area contributed by atoms with Crippen LogP contribution in [0, 0.1) is 18.3 Å². The smallest absolute Gasteiger partial charge is 0.414 e. The summed E-state index contributed by atoms with van der Waals surface area (Å²) in [6, 6.07) is 4.26. The molecule has 1 fully saturated rings. The Bertz CT molecular complexity index is 931. The van der Waals surface area contributed by atoms with Crippen molar-refractivity contribution in [2.75, 3.05) is 49.1 Å². The molecule has 2 amide bonds. The van der Waals surface area contributed by atoms with Gasteiger partial charge in [0, 0.05) is 12.1 Å². The number of rotatable bonds is 7. The molecule has 0 spiro atoms. The predicted molar refractivity (Wildman–Crippen MR) is 115 cm³/mol. The minimum Gasteiger partial charge on any atom is -0.449 e. The van der Waals surface area contributed by atoms with Crippen LogP contribution in [-0.4, -0.2) is 63.8 Å². The maximum absolute atomic E-state index is 14.8. The summed E-state index contributed by atoms with van der Waals surface area (Å²) < 4.78 is 39.3. The first-order valence-electron chi connectivity index (χ1n) is 10.4. The fourth-order valence-corrected chi connectivity index (χ4v) is 3.44. The molecule has 2 atom stereocenters. The van der Waals surface area contributed by atoms with Crippen molar-refractivity contribution in [3.63, 3.8) is 0 Å². The van der Waals surface area contributed by atoms with Gasteiger partial charge in [0.15, 0.2) is 0 Å². The van der Waals surface area contributed by atoms with Gasteiger partial charge >= 0.3 is 12.2 Å². The lowest BCUT2D eigenvalue weighted by Crippen LogP contribution is -2.37. The van der Waals surface area contributed by atoms with Gasteiger partial charge in [-0.2, -0.15) is 0 Å². The largest absolute Gasteiger partial charge is 0.449 e. The van der Waals surface area contributed by atoms with E-state index in [2.05, 4.69) is 10.2 Å². The zero-order valence-corrected chi connectivity index (χ0v) is 18.0. The number of benzene rings is 1. The van der Waals surface area contributed by atoms with Crippen LogP contribution in [0.4, 0.5) is 29.7 Å². The molecule has 10 heteroatoms. The van der Waals surface area contributed by atoms with E-state index in [1.165, 1.54) is 17.0 Å². The number of carbonyl (C=O) groups excluding carboxylic acids is 2. The Balaban J connectivity index is 1.59. The highest BCUT2D eigenvalue weighted by Crippen LogP contribution is 2.30. The maximum Gasteiger partial charge on any atom is 0.414 e. The fraction of sp³-hybridized carbons (Fsp3) is 0.500. The number of alkyl carbamates (subject to hydrolysis) is 1. The van der Waals surface area contributed by atoms with Gasteiger partial charge in [-0.1, -0.05) is 19.9 Å². The van der Waals surface area contributed by atoms with Gasteiger partial charge in [0.05, 0.1) is 37.6 Å². The second-order valence-corrected chi connectivity index (χ2v) is 8.09. The molecule has 1 aromatic carbocycles. The SMILES string of the molecule is [C-]#[N+]CC1=CCN(c2ccc(N3C[C@H](CNC(=O)OCC(C)C)OC3=O)cc2F)CC1F. The molecule has 1 aromatic rings. The van der Waals surface area contributed by atoms with E-state index in [1.807, 2.05) is 13.8 Å². The van der Waals surface area contributed by atoms with Crippen LogP contribution in [0.2, 0.25) is 0 Å². The Morgan fingerprint density at radius 3 is 2.84 bits per heavy atom. The number of carbonyl (C=O) groups is 2. The van der Waals surface area contributed by atoms with E-state index in [-0.39, 0.29) is 44.4 Å². The second-order valence-electron chi connectivity index (χ2n) is 8.09.